The summed E-state index contributed by atoms with van der Waals surface area (Å²) < 4.78 is 1.37. The van der Waals surface area contributed by atoms with Crippen LogP contribution in [0.3, 0.4) is 0 Å². The number of benzene rings is 1. The molecule has 94 valence electrons. The molecule has 0 atom stereocenters. The summed E-state index contributed by atoms with van der Waals surface area (Å²) in [4.78, 5) is 12.0. The largest absolute Gasteiger partial charge is 0.273 e. The minimum absolute atomic E-state index is 0.0356. The molecule has 1 N–H and O–H groups in total. The van der Waals surface area contributed by atoms with Gasteiger partial charge in [0.05, 0.1) is 12.1 Å². The van der Waals surface area contributed by atoms with Crippen LogP contribution in [0, 0.1) is 5.53 Å². The molecule has 0 radical (unpaired) electrons. The van der Waals surface area contributed by atoms with E-state index in [4.69, 9.17) is 5.53 Å². The van der Waals surface area contributed by atoms with Crippen molar-refractivity contribution in [3.8, 4) is 0 Å². The van der Waals surface area contributed by atoms with Crippen LogP contribution < -0.4 is 0 Å². The highest BCUT2D eigenvalue weighted by molar-refractivity contribution is 5.88. The number of unbranched alkanes of at least 4 members (excludes halogenated alkanes) is 2. The average molecular weight is 245 g/mol. The summed E-state index contributed by atoms with van der Waals surface area (Å²) in [6.45, 7) is 0.542. The van der Waals surface area contributed by atoms with Gasteiger partial charge in [0.25, 0.3) is 0 Å². The third-order valence-electron chi connectivity index (χ3n) is 2.75. The Bertz CT molecular complexity index is 548. The van der Waals surface area contributed by atoms with E-state index in [0.29, 0.717) is 13.0 Å². The lowest BCUT2D eigenvalue weighted by Gasteiger charge is -2.00. The van der Waals surface area contributed by atoms with Gasteiger partial charge in [0, 0.05) is 6.42 Å². The van der Waals surface area contributed by atoms with Gasteiger partial charge in [-0.3, -0.25) is 4.79 Å². The fourth-order valence-corrected chi connectivity index (χ4v) is 1.80. The van der Waals surface area contributed by atoms with Crippen molar-refractivity contribution in [1.29, 1.82) is 5.53 Å². The van der Waals surface area contributed by atoms with Gasteiger partial charge in [0.15, 0.2) is 0 Å². The van der Waals surface area contributed by atoms with Crippen LogP contribution in [-0.4, -0.2) is 27.4 Å². The SMILES string of the molecule is N=NCCCCCC(=O)n1nnc2ccccc21. The van der Waals surface area contributed by atoms with Crippen LogP contribution in [0.5, 0.6) is 0 Å². The number of hydrogen-bond donors (Lipinski definition) is 1. The maximum atomic E-state index is 12.0. The third-order valence-corrected chi connectivity index (χ3v) is 2.75. The Morgan fingerprint density at radius 2 is 2.11 bits per heavy atom. The van der Waals surface area contributed by atoms with E-state index in [1.807, 2.05) is 24.3 Å². The van der Waals surface area contributed by atoms with E-state index in [1.54, 1.807) is 0 Å². The van der Waals surface area contributed by atoms with Crippen LogP contribution in [0.2, 0.25) is 0 Å². The molecule has 0 aliphatic carbocycles. The summed E-state index contributed by atoms with van der Waals surface area (Å²) in [6, 6.07) is 7.41. The molecule has 2 aromatic rings. The summed E-state index contributed by atoms with van der Waals surface area (Å²) in [7, 11) is 0. The van der Waals surface area contributed by atoms with Crippen LogP contribution in [-0.2, 0) is 0 Å². The van der Waals surface area contributed by atoms with Crippen LogP contribution >= 0.6 is 0 Å². The molecule has 2 rings (SSSR count). The fraction of sp³-hybridized carbons (Fsp3) is 0.417. The zero-order chi connectivity index (χ0) is 12.8. The molecule has 6 nitrogen and oxygen atoms in total. The predicted molar refractivity (Wildman–Crippen MR) is 66.6 cm³/mol. The molecule has 6 heteroatoms. The van der Waals surface area contributed by atoms with Crippen molar-refractivity contribution < 1.29 is 4.79 Å². The topological polar surface area (TPSA) is 84.0 Å². The van der Waals surface area contributed by atoms with Crippen LogP contribution in [0.25, 0.3) is 11.0 Å². The number of nitrogens with zero attached hydrogens (tertiary/aromatic N) is 4. The zero-order valence-corrected chi connectivity index (χ0v) is 10.0. The van der Waals surface area contributed by atoms with Crippen molar-refractivity contribution in [3.05, 3.63) is 24.3 Å². The summed E-state index contributed by atoms with van der Waals surface area (Å²) in [5.41, 5.74) is 8.15. The fourth-order valence-electron chi connectivity index (χ4n) is 1.80. The van der Waals surface area contributed by atoms with Gasteiger partial charge in [-0.1, -0.05) is 23.8 Å². The van der Waals surface area contributed by atoms with Crippen molar-refractivity contribution >= 4 is 16.9 Å². The maximum Gasteiger partial charge on any atom is 0.248 e. The van der Waals surface area contributed by atoms with Gasteiger partial charge in [-0.2, -0.15) is 9.80 Å². The van der Waals surface area contributed by atoms with E-state index in [1.165, 1.54) is 4.68 Å². The predicted octanol–water partition coefficient (Wildman–Crippen LogP) is 2.66. The molecule has 0 aliphatic heterocycles. The molecule has 1 aromatic heterocycles. The number of nitrogens with one attached hydrogen (secondary N) is 1. The van der Waals surface area contributed by atoms with E-state index < -0.39 is 0 Å². The number of para-hydroxylation sites is 1. The van der Waals surface area contributed by atoms with Gasteiger partial charge < -0.3 is 0 Å². The van der Waals surface area contributed by atoms with E-state index in [2.05, 4.69) is 15.4 Å². The summed E-state index contributed by atoms with van der Waals surface area (Å²) >= 11 is 0. The van der Waals surface area contributed by atoms with Crippen LogP contribution in [0.15, 0.2) is 29.4 Å². The van der Waals surface area contributed by atoms with E-state index >= 15 is 0 Å². The second-order valence-corrected chi connectivity index (χ2v) is 4.08. The lowest BCUT2D eigenvalue weighted by atomic mass is 10.2. The number of fused-ring (bicyclic) bond motifs is 1. The zero-order valence-electron chi connectivity index (χ0n) is 10.0. The van der Waals surface area contributed by atoms with Crippen molar-refractivity contribution in [2.24, 2.45) is 5.11 Å². The number of rotatable bonds is 6. The Balaban J connectivity index is 1.94. The molecule has 18 heavy (non-hydrogen) atoms. The Morgan fingerprint density at radius 1 is 1.28 bits per heavy atom. The van der Waals surface area contributed by atoms with E-state index in [-0.39, 0.29) is 5.91 Å². The molecular weight excluding hydrogens is 230 g/mol. The number of carbonyl (C=O) groups excluding carboxylic acids is 1. The Kier molecular flexibility index (Phi) is 4.11. The molecule has 1 heterocycles. The number of carbonyl (C=O) groups is 1. The quantitative estimate of drug-likeness (QED) is 0.627. The molecule has 0 saturated carbocycles. The first-order valence-electron chi connectivity index (χ1n) is 6.00. The minimum atomic E-state index is -0.0356. The molecule has 0 amide bonds. The van der Waals surface area contributed by atoms with Gasteiger partial charge in [-0.15, -0.1) is 5.10 Å². The number of hydrogen-bond acceptors (Lipinski definition) is 5. The van der Waals surface area contributed by atoms with Crippen molar-refractivity contribution in [2.75, 3.05) is 6.54 Å². The first kappa shape index (κ1) is 12.3. The van der Waals surface area contributed by atoms with E-state index in [9.17, 15) is 4.79 Å². The highest BCUT2D eigenvalue weighted by Crippen LogP contribution is 2.11. The lowest BCUT2D eigenvalue weighted by molar-refractivity contribution is 0.0886. The molecule has 0 bridgehead atoms. The molecule has 0 spiro atoms. The molecular formula is C12H15N5O. The highest BCUT2D eigenvalue weighted by atomic mass is 16.2. The smallest absolute Gasteiger partial charge is 0.248 e. The minimum Gasteiger partial charge on any atom is -0.273 e. The first-order chi connectivity index (χ1) is 8.83. The molecule has 0 unspecified atom stereocenters. The second-order valence-electron chi connectivity index (χ2n) is 4.08. The van der Waals surface area contributed by atoms with Crippen molar-refractivity contribution in [3.63, 3.8) is 0 Å². The normalized spacial score (nSPS) is 10.7. The van der Waals surface area contributed by atoms with Crippen LogP contribution in [0.4, 0.5) is 0 Å². The Labute approximate surface area is 104 Å². The average Bonchev–Trinajstić information content (AvgIpc) is 2.82. The molecule has 0 saturated heterocycles. The monoisotopic (exact) mass is 245 g/mol. The molecule has 0 aliphatic rings. The van der Waals surface area contributed by atoms with Crippen molar-refractivity contribution in [2.45, 2.75) is 25.7 Å². The standard InChI is InChI=1S/C12H15N5O/c13-14-9-5-1-2-8-12(18)17-11-7-4-3-6-10(11)15-16-17/h3-4,6-7,13H,1-2,5,8-9H2. The summed E-state index contributed by atoms with van der Waals surface area (Å²) in [6.07, 6.45) is 3.00. The van der Waals surface area contributed by atoms with Gasteiger partial charge in [-0.05, 0) is 25.0 Å². The summed E-state index contributed by atoms with van der Waals surface area (Å²) in [5.74, 6) is -0.0356. The van der Waals surface area contributed by atoms with Gasteiger partial charge in [-0.25, -0.2) is 5.53 Å². The first-order valence-corrected chi connectivity index (χ1v) is 6.00. The Morgan fingerprint density at radius 3 is 2.94 bits per heavy atom. The number of aromatic nitrogens is 3. The van der Waals surface area contributed by atoms with Gasteiger partial charge >= 0.3 is 0 Å². The van der Waals surface area contributed by atoms with Crippen LogP contribution in [0.1, 0.15) is 30.5 Å². The maximum absolute atomic E-state index is 12.0. The molecule has 1 aromatic carbocycles. The Hall–Kier alpha value is -2.11. The van der Waals surface area contributed by atoms with Gasteiger partial charge in [0.1, 0.15) is 5.52 Å². The summed E-state index contributed by atoms with van der Waals surface area (Å²) in [5, 5.41) is 11.1. The third kappa shape index (κ3) is 2.77. The van der Waals surface area contributed by atoms with E-state index in [0.717, 1.165) is 30.3 Å². The highest BCUT2D eigenvalue weighted by Gasteiger charge is 2.10. The van der Waals surface area contributed by atoms with Crippen molar-refractivity contribution in [1.82, 2.24) is 15.0 Å². The lowest BCUT2D eigenvalue weighted by Crippen LogP contribution is -2.12. The molecule has 0 fully saturated rings. The second kappa shape index (κ2) is 6.00. The van der Waals surface area contributed by atoms with Gasteiger partial charge in [0.2, 0.25) is 5.91 Å².